The van der Waals surface area contributed by atoms with E-state index in [0.717, 1.165) is 0 Å². The van der Waals surface area contributed by atoms with E-state index in [0.29, 0.717) is 6.42 Å². The fraction of sp³-hybridized carbons (Fsp3) is 1.00. The van der Waals surface area contributed by atoms with Gasteiger partial charge in [-0.3, -0.25) is 0 Å². The van der Waals surface area contributed by atoms with Crippen LogP contribution >= 0.6 is 19.1 Å². The van der Waals surface area contributed by atoms with E-state index in [1.54, 1.807) is 6.92 Å². The third kappa shape index (κ3) is 8.53. The van der Waals surface area contributed by atoms with Crippen LogP contribution in [-0.2, 0) is 3.07 Å². The molecule has 0 aromatic rings. The van der Waals surface area contributed by atoms with Crippen molar-refractivity contribution in [3.63, 3.8) is 0 Å². The van der Waals surface area contributed by atoms with Crippen molar-refractivity contribution < 1.29 is 16.8 Å². The van der Waals surface area contributed by atoms with Crippen molar-refractivity contribution in [1.29, 1.82) is 0 Å². The molecule has 0 aromatic carbocycles. The summed E-state index contributed by atoms with van der Waals surface area (Å²) in [6.07, 6.45) is 0.500. The van der Waals surface area contributed by atoms with Crippen molar-refractivity contribution in [3.05, 3.63) is 0 Å². The number of rotatable bonds is 3. The first-order valence-electron chi connectivity index (χ1n) is 2.33. The zero-order valence-corrected chi connectivity index (χ0v) is 7.15. The third-order valence-electron chi connectivity index (χ3n) is 0.476. The van der Waals surface area contributed by atoms with Crippen LogP contribution in [0.2, 0.25) is 0 Å². The Bertz CT molecular complexity index is 84.9. The molecule has 0 radical (unpaired) electrons. The van der Waals surface area contributed by atoms with E-state index in [4.69, 9.17) is 13.7 Å². The first kappa shape index (κ1) is 9.53. The standard InChI is InChI=1S/C3H11IO5/c1-2-3-9-4(5,6,7)8/h5-8H,2-3H2,1H3. The van der Waals surface area contributed by atoms with E-state index in [2.05, 4.69) is 3.07 Å². The van der Waals surface area contributed by atoms with Crippen LogP contribution in [0.1, 0.15) is 13.3 Å². The van der Waals surface area contributed by atoms with Crippen LogP contribution < -0.4 is 0 Å². The molecule has 5 nitrogen and oxygen atoms in total. The average Bonchev–Trinajstić information content (AvgIpc) is 1.57. The van der Waals surface area contributed by atoms with Crippen LogP contribution in [0, 0.1) is 0 Å². The van der Waals surface area contributed by atoms with Gasteiger partial charge in [0.05, 0.1) is 0 Å². The van der Waals surface area contributed by atoms with E-state index in [1.807, 2.05) is 0 Å². The quantitative estimate of drug-likeness (QED) is 0.511. The van der Waals surface area contributed by atoms with Crippen LogP contribution in [0.25, 0.3) is 0 Å². The van der Waals surface area contributed by atoms with E-state index in [9.17, 15) is 0 Å². The van der Waals surface area contributed by atoms with Crippen molar-refractivity contribution in [2.24, 2.45) is 0 Å². The Morgan fingerprint density at radius 1 is 1.22 bits per heavy atom. The molecule has 0 spiro atoms. The second kappa shape index (κ2) is 2.64. The summed E-state index contributed by atoms with van der Waals surface area (Å²) >= 11 is -6.17. The Balaban J connectivity index is 3.60. The van der Waals surface area contributed by atoms with E-state index >= 15 is 0 Å². The van der Waals surface area contributed by atoms with Gasteiger partial charge in [-0.05, 0) is 0 Å². The first-order valence-corrected chi connectivity index (χ1v) is 7.07. The maximum atomic E-state index is 8.24. The second-order valence-corrected chi connectivity index (χ2v) is 6.33. The van der Waals surface area contributed by atoms with Gasteiger partial charge in [0.2, 0.25) is 0 Å². The molecule has 9 heavy (non-hydrogen) atoms. The summed E-state index contributed by atoms with van der Waals surface area (Å²) in [6.45, 7) is 1.64. The van der Waals surface area contributed by atoms with Crippen molar-refractivity contribution in [3.8, 4) is 0 Å². The van der Waals surface area contributed by atoms with Crippen molar-refractivity contribution in [1.82, 2.24) is 0 Å². The minimum atomic E-state index is -6.17. The monoisotopic (exact) mass is 254 g/mol. The van der Waals surface area contributed by atoms with Crippen molar-refractivity contribution >= 4 is 19.1 Å². The van der Waals surface area contributed by atoms with Gasteiger partial charge in [0.1, 0.15) is 0 Å². The predicted molar refractivity (Wildman–Crippen MR) is 39.1 cm³/mol. The average molecular weight is 254 g/mol. The number of hydrogen-bond donors (Lipinski definition) is 4. The Morgan fingerprint density at radius 2 is 1.67 bits per heavy atom. The van der Waals surface area contributed by atoms with Crippen molar-refractivity contribution in [2.75, 3.05) is 6.61 Å². The molecular weight excluding hydrogens is 243 g/mol. The van der Waals surface area contributed by atoms with Crippen molar-refractivity contribution in [2.45, 2.75) is 13.3 Å². The predicted octanol–water partition coefficient (Wildman–Crippen LogP) is -0.465. The molecule has 0 rings (SSSR count). The van der Waals surface area contributed by atoms with Gasteiger partial charge in [0.15, 0.2) is 0 Å². The number of halogens is 1. The van der Waals surface area contributed by atoms with Gasteiger partial charge < -0.3 is 0 Å². The normalized spacial score (nSPS) is 16.8. The summed E-state index contributed by atoms with van der Waals surface area (Å²) in [4.78, 5) is 0. The van der Waals surface area contributed by atoms with Gasteiger partial charge in [-0.25, -0.2) is 0 Å². The topological polar surface area (TPSA) is 90.2 Å². The molecule has 0 aromatic heterocycles. The van der Waals surface area contributed by atoms with Gasteiger partial charge in [-0.15, -0.1) is 0 Å². The molecular formula is C3H11IO5. The molecule has 0 fully saturated rings. The second-order valence-electron chi connectivity index (χ2n) is 1.54. The molecule has 0 aliphatic carbocycles. The molecule has 0 aliphatic heterocycles. The summed E-state index contributed by atoms with van der Waals surface area (Å²) in [5.41, 5.74) is 0. The zero-order valence-electron chi connectivity index (χ0n) is 4.99. The molecule has 0 atom stereocenters. The van der Waals surface area contributed by atoms with E-state index in [-0.39, 0.29) is 6.61 Å². The Morgan fingerprint density at radius 3 is 1.78 bits per heavy atom. The van der Waals surface area contributed by atoms with Gasteiger partial charge in [-0.2, -0.15) is 0 Å². The van der Waals surface area contributed by atoms with Crippen LogP contribution in [0.15, 0.2) is 0 Å². The summed E-state index contributed by atoms with van der Waals surface area (Å²) in [6, 6.07) is 0. The zero-order chi connectivity index (χ0) is 7.57. The van der Waals surface area contributed by atoms with E-state index in [1.165, 1.54) is 0 Å². The maximum absolute atomic E-state index is 8.24. The molecule has 6 heteroatoms. The molecule has 0 aliphatic rings. The fourth-order valence-corrected chi connectivity index (χ4v) is 1.44. The van der Waals surface area contributed by atoms with E-state index < -0.39 is 19.1 Å². The van der Waals surface area contributed by atoms with Gasteiger partial charge in [0, 0.05) is 0 Å². The first-order chi connectivity index (χ1) is 3.81. The van der Waals surface area contributed by atoms with Crippen LogP contribution in [0.5, 0.6) is 0 Å². The molecule has 4 N–H and O–H groups in total. The molecule has 0 bridgehead atoms. The Kier molecular flexibility index (Phi) is 2.80. The van der Waals surface area contributed by atoms with Crippen LogP contribution in [0.3, 0.4) is 0 Å². The molecule has 0 unspecified atom stereocenters. The van der Waals surface area contributed by atoms with Gasteiger partial charge >= 0.3 is 55.9 Å². The number of hydrogen-bond acceptors (Lipinski definition) is 5. The molecule has 0 amide bonds. The van der Waals surface area contributed by atoms with Crippen LogP contribution in [-0.4, -0.2) is 20.4 Å². The molecule has 60 valence electrons. The van der Waals surface area contributed by atoms with Gasteiger partial charge in [-0.1, -0.05) is 0 Å². The molecule has 0 heterocycles. The summed E-state index contributed by atoms with van der Waals surface area (Å²) < 4.78 is 37.0. The Labute approximate surface area is 56.3 Å². The molecule has 0 saturated heterocycles. The fourth-order valence-electron chi connectivity index (χ4n) is 0.215. The third-order valence-corrected chi connectivity index (χ3v) is 2.03. The Hall–Kier alpha value is 0.530. The SMILES string of the molecule is CCCOI(O)(O)(O)O. The van der Waals surface area contributed by atoms with Crippen LogP contribution in [0.4, 0.5) is 0 Å². The summed E-state index contributed by atoms with van der Waals surface area (Å²) in [5, 5.41) is 0. The summed E-state index contributed by atoms with van der Waals surface area (Å²) in [7, 11) is 0. The summed E-state index contributed by atoms with van der Waals surface area (Å²) in [5.74, 6) is 0. The molecule has 0 saturated carbocycles. The van der Waals surface area contributed by atoms with Gasteiger partial charge in [0.25, 0.3) is 0 Å². The minimum absolute atomic E-state index is 0.0610.